The lowest BCUT2D eigenvalue weighted by atomic mass is 9.96. The van der Waals surface area contributed by atoms with Crippen LogP contribution in [0.15, 0.2) is 58.8 Å². The van der Waals surface area contributed by atoms with Gasteiger partial charge in [-0.3, -0.25) is 19.2 Å². The Morgan fingerprint density at radius 3 is 2.81 bits per heavy atom. The summed E-state index contributed by atoms with van der Waals surface area (Å²) in [5, 5.41) is 0. The molecule has 3 aromatic heterocycles. The summed E-state index contributed by atoms with van der Waals surface area (Å²) in [4.78, 5) is 27.5. The fourth-order valence-corrected chi connectivity index (χ4v) is 3.39. The lowest BCUT2D eigenvalue weighted by molar-refractivity contribution is 0.164. The van der Waals surface area contributed by atoms with Crippen molar-refractivity contribution in [1.82, 2.24) is 24.4 Å². The van der Waals surface area contributed by atoms with Crippen LogP contribution < -0.4 is 5.56 Å². The Morgan fingerprint density at radius 1 is 1.23 bits per heavy atom. The molecule has 0 atom stereocenters. The second-order valence-electron chi connectivity index (χ2n) is 6.71. The highest BCUT2D eigenvalue weighted by atomic mass is 16.3. The predicted octanol–water partition coefficient (Wildman–Crippen LogP) is 2.21. The minimum absolute atomic E-state index is 0.0103. The fraction of sp³-hybridized carbons (Fsp3) is 0.368. The van der Waals surface area contributed by atoms with E-state index in [1.54, 1.807) is 35.6 Å². The number of hydrogen-bond acceptors (Lipinski definition) is 6. The normalized spacial score (nSPS) is 16.0. The number of likely N-dealkylation sites (tertiary alicyclic amines) is 1. The van der Waals surface area contributed by atoms with Crippen molar-refractivity contribution in [2.75, 3.05) is 13.1 Å². The first-order valence-electron chi connectivity index (χ1n) is 8.84. The summed E-state index contributed by atoms with van der Waals surface area (Å²) in [7, 11) is 0. The Kier molecular flexibility index (Phi) is 4.88. The average Bonchev–Trinajstić information content (AvgIpc) is 3.19. The molecule has 7 nitrogen and oxygen atoms in total. The molecule has 4 rings (SSSR count). The highest BCUT2D eigenvalue weighted by molar-refractivity contribution is 5.56. The number of oxazole rings is 1. The van der Waals surface area contributed by atoms with Crippen LogP contribution in [-0.2, 0) is 13.1 Å². The Balaban J connectivity index is 1.35. The molecule has 0 saturated carbocycles. The van der Waals surface area contributed by atoms with E-state index in [4.69, 9.17) is 4.42 Å². The highest BCUT2D eigenvalue weighted by Crippen LogP contribution is 2.20. The average molecular weight is 351 g/mol. The third-order valence-corrected chi connectivity index (χ3v) is 4.87. The summed E-state index contributed by atoms with van der Waals surface area (Å²) in [6.45, 7) is 3.56. The summed E-state index contributed by atoms with van der Waals surface area (Å²) in [5.41, 5.74) is 2.48. The van der Waals surface area contributed by atoms with Crippen molar-refractivity contribution in [3.63, 3.8) is 0 Å². The number of aromatic nitrogens is 4. The van der Waals surface area contributed by atoms with Crippen LogP contribution in [0.5, 0.6) is 0 Å². The largest absolute Gasteiger partial charge is 0.451 e. The molecule has 4 heterocycles. The maximum absolute atomic E-state index is 12.4. The van der Waals surface area contributed by atoms with Crippen LogP contribution in [0.2, 0.25) is 0 Å². The number of piperidine rings is 1. The van der Waals surface area contributed by atoms with E-state index in [0.29, 0.717) is 11.6 Å². The number of rotatable bonds is 5. The summed E-state index contributed by atoms with van der Waals surface area (Å²) in [6.07, 6.45) is 10.4. The summed E-state index contributed by atoms with van der Waals surface area (Å²) in [6, 6.07) is 5.34. The second-order valence-corrected chi connectivity index (χ2v) is 6.71. The van der Waals surface area contributed by atoms with Gasteiger partial charge in [-0.25, -0.2) is 9.97 Å². The van der Waals surface area contributed by atoms with Gasteiger partial charge in [-0.1, -0.05) is 0 Å². The maximum atomic E-state index is 12.4. The van der Waals surface area contributed by atoms with Gasteiger partial charge in [0.05, 0.1) is 17.7 Å². The van der Waals surface area contributed by atoms with Crippen LogP contribution in [0.1, 0.15) is 18.5 Å². The third-order valence-electron chi connectivity index (χ3n) is 4.87. The zero-order valence-corrected chi connectivity index (χ0v) is 14.5. The number of pyridine rings is 1. The molecule has 3 aromatic rings. The zero-order chi connectivity index (χ0) is 17.8. The van der Waals surface area contributed by atoms with Crippen molar-refractivity contribution in [2.45, 2.75) is 25.9 Å². The molecule has 0 aliphatic carbocycles. The van der Waals surface area contributed by atoms with Crippen LogP contribution >= 0.6 is 0 Å². The van der Waals surface area contributed by atoms with Gasteiger partial charge in [0.1, 0.15) is 6.26 Å². The Morgan fingerprint density at radius 2 is 2.12 bits per heavy atom. The topological polar surface area (TPSA) is 77.0 Å². The minimum Gasteiger partial charge on any atom is -0.451 e. The maximum Gasteiger partial charge on any atom is 0.253 e. The number of hydrogen-bond donors (Lipinski definition) is 0. The summed E-state index contributed by atoms with van der Waals surface area (Å²) < 4.78 is 6.74. The van der Waals surface area contributed by atoms with Crippen LogP contribution in [0, 0.1) is 5.92 Å². The van der Waals surface area contributed by atoms with Crippen LogP contribution in [0.25, 0.3) is 11.3 Å². The van der Waals surface area contributed by atoms with Gasteiger partial charge in [-0.05, 0) is 44.0 Å². The van der Waals surface area contributed by atoms with Gasteiger partial charge in [0.2, 0.25) is 0 Å². The van der Waals surface area contributed by atoms with Gasteiger partial charge in [-0.15, -0.1) is 0 Å². The third kappa shape index (κ3) is 3.88. The summed E-state index contributed by atoms with van der Waals surface area (Å²) >= 11 is 0. The van der Waals surface area contributed by atoms with E-state index in [9.17, 15) is 4.79 Å². The first-order valence-corrected chi connectivity index (χ1v) is 8.84. The SMILES string of the molecule is O=c1cc(-c2cccnc2)ncn1CC1CCN(Cc2cocn2)CC1. The zero-order valence-electron chi connectivity index (χ0n) is 14.5. The molecule has 0 spiro atoms. The van der Waals surface area contributed by atoms with Gasteiger partial charge in [0.25, 0.3) is 5.56 Å². The van der Waals surface area contributed by atoms with E-state index in [2.05, 4.69) is 19.9 Å². The minimum atomic E-state index is -0.0103. The molecule has 134 valence electrons. The van der Waals surface area contributed by atoms with Gasteiger partial charge in [0, 0.05) is 37.1 Å². The lowest BCUT2D eigenvalue weighted by Gasteiger charge is -2.31. The molecule has 1 aliphatic rings. The molecule has 1 aliphatic heterocycles. The summed E-state index contributed by atoms with van der Waals surface area (Å²) in [5.74, 6) is 0.493. The molecule has 0 radical (unpaired) electrons. The van der Waals surface area contributed by atoms with Crippen molar-refractivity contribution in [3.05, 3.63) is 65.6 Å². The van der Waals surface area contributed by atoms with E-state index in [-0.39, 0.29) is 5.56 Å². The molecular weight excluding hydrogens is 330 g/mol. The van der Waals surface area contributed by atoms with Crippen LogP contribution in [0.4, 0.5) is 0 Å². The van der Waals surface area contributed by atoms with Gasteiger partial charge in [0.15, 0.2) is 6.39 Å². The van der Waals surface area contributed by atoms with E-state index in [1.165, 1.54) is 6.39 Å². The molecule has 7 heteroatoms. The van der Waals surface area contributed by atoms with Crippen molar-refractivity contribution >= 4 is 0 Å². The Labute approximate surface area is 151 Å². The Hall–Kier alpha value is -2.80. The molecular formula is C19H21N5O2. The van der Waals surface area contributed by atoms with E-state index < -0.39 is 0 Å². The highest BCUT2D eigenvalue weighted by Gasteiger charge is 2.20. The second kappa shape index (κ2) is 7.61. The Bertz CT molecular complexity index is 884. The molecule has 0 bridgehead atoms. The first kappa shape index (κ1) is 16.7. The molecule has 0 N–H and O–H groups in total. The molecule has 0 amide bonds. The molecule has 1 saturated heterocycles. The standard InChI is InChI=1S/C19H21N5O2/c25-19-8-18(16-2-1-5-20-9-16)21-13-24(19)10-15-3-6-23(7-4-15)11-17-12-26-14-22-17/h1-2,5,8-9,12-15H,3-4,6-7,10-11H2. The monoisotopic (exact) mass is 351 g/mol. The van der Waals surface area contributed by atoms with Crippen molar-refractivity contribution in [1.29, 1.82) is 0 Å². The number of nitrogens with zero attached hydrogens (tertiary/aromatic N) is 5. The van der Waals surface area contributed by atoms with Crippen LogP contribution in [0.3, 0.4) is 0 Å². The lowest BCUT2D eigenvalue weighted by Crippen LogP contribution is -2.36. The molecule has 26 heavy (non-hydrogen) atoms. The van der Waals surface area contributed by atoms with Gasteiger partial charge >= 0.3 is 0 Å². The van der Waals surface area contributed by atoms with E-state index in [1.807, 2.05) is 12.1 Å². The van der Waals surface area contributed by atoms with Crippen molar-refractivity contribution in [3.8, 4) is 11.3 Å². The molecule has 0 aromatic carbocycles. The first-order chi connectivity index (χ1) is 12.8. The fourth-order valence-electron chi connectivity index (χ4n) is 3.39. The van der Waals surface area contributed by atoms with E-state index in [0.717, 1.165) is 50.3 Å². The van der Waals surface area contributed by atoms with Crippen LogP contribution in [-0.4, -0.2) is 37.5 Å². The van der Waals surface area contributed by atoms with Gasteiger partial charge in [-0.2, -0.15) is 0 Å². The van der Waals surface area contributed by atoms with E-state index >= 15 is 0 Å². The molecule has 0 unspecified atom stereocenters. The van der Waals surface area contributed by atoms with Crippen molar-refractivity contribution in [2.24, 2.45) is 5.92 Å². The van der Waals surface area contributed by atoms with Crippen molar-refractivity contribution < 1.29 is 4.42 Å². The molecule has 1 fully saturated rings. The predicted molar refractivity (Wildman–Crippen MR) is 96.2 cm³/mol. The smallest absolute Gasteiger partial charge is 0.253 e. The quantitative estimate of drug-likeness (QED) is 0.701. The van der Waals surface area contributed by atoms with Gasteiger partial charge < -0.3 is 4.42 Å².